The average molecular weight is 275 g/mol. The normalized spacial score (nSPS) is 25.6. The van der Waals surface area contributed by atoms with Crippen molar-refractivity contribution in [1.82, 2.24) is 5.32 Å². The Labute approximate surface area is 111 Å². The van der Waals surface area contributed by atoms with Crippen molar-refractivity contribution in [3.05, 3.63) is 33.8 Å². The molecule has 1 fully saturated rings. The van der Waals surface area contributed by atoms with Crippen molar-refractivity contribution in [3.8, 4) is 0 Å². The molecule has 94 valence electrons. The Morgan fingerprint density at radius 3 is 2.88 bits per heavy atom. The van der Waals surface area contributed by atoms with Gasteiger partial charge in [-0.05, 0) is 17.7 Å². The van der Waals surface area contributed by atoms with Crippen LogP contribution in [0.5, 0.6) is 0 Å². The van der Waals surface area contributed by atoms with E-state index in [0.717, 1.165) is 18.7 Å². The van der Waals surface area contributed by atoms with E-state index >= 15 is 0 Å². The summed E-state index contributed by atoms with van der Waals surface area (Å²) in [6, 6.07) is 5.70. The first kappa shape index (κ1) is 13.1. The van der Waals surface area contributed by atoms with E-state index in [4.69, 9.17) is 33.7 Å². The highest BCUT2D eigenvalue weighted by molar-refractivity contribution is 6.42. The molecule has 1 aromatic rings. The van der Waals surface area contributed by atoms with Gasteiger partial charge in [-0.25, -0.2) is 0 Å². The molecule has 3 N–H and O–H groups in total. The Hall–Kier alpha value is -0.320. The van der Waals surface area contributed by atoms with Crippen molar-refractivity contribution in [2.75, 3.05) is 26.2 Å². The zero-order chi connectivity index (χ0) is 12.3. The summed E-state index contributed by atoms with van der Waals surface area (Å²) >= 11 is 12.0. The standard InChI is InChI=1S/C12H16Cl2N2O/c13-10-2-1-8(5-11(10)14)9-7-16-3-4-17-12(9)6-15/h1-2,5,9,12,16H,3-4,6-7,15H2. The first-order valence-electron chi connectivity index (χ1n) is 5.69. The highest BCUT2D eigenvalue weighted by atomic mass is 35.5. The molecule has 1 aromatic carbocycles. The predicted molar refractivity (Wildman–Crippen MR) is 70.9 cm³/mol. The second-order valence-corrected chi connectivity index (χ2v) is 4.94. The summed E-state index contributed by atoms with van der Waals surface area (Å²) in [5, 5.41) is 4.48. The largest absolute Gasteiger partial charge is 0.375 e. The van der Waals surface area contributed by atoms with E-state index in [0.29, 0.717) is 23.2 Å². The van der Waals surface area contributed by atoms with Crippen LogP contribution < -0.4 is 11.1 Å². The lowest BCUT2D eigenvalue weighted by Crippen LogP contribution is -2.32. The van der Waals surface area contributed by atoms with Crippen molar-refractivity contribution in [3.63, 3.8) is 0 Å². The molecule has 0 radical (unpaired) electrons. The quantitative estimate of drug-likeness (QED) is 0.868. The van der Waals surface area contributed by atoms with Crippen molar-refractivity contribution in [2.24, 2.45) is 5.73 Å². The lowest BCUT2D eigenvalue weighted by Gasteiger charge is -2.24. The Bertz CT molecular complexity index is 387. The molecular weight excluding hydrogens is 259 g/mol. The van der Waals surface area contributed by atoms with Gasteiger partial charge in [-0.3, -0.25) is 0 Å². The minimum absolute atomic E-state index is 0.0299. The summed E-state index contributed by atoms with van der Waals surface area (Å²) in [6.45, 7) is 2.90. The van der Waals surface area contributed by atoms with Gasteiger partial charge in [0.05, 0.1) is 22.8 Å². The second kappa shape index (κ2) is 6.03. The fraction of sp³-hybridized carbons (Fsp3) is 0.500. The summed E-state index contributed by atoms with van der Waals surface area (Å²) in [5.41, 5.74) is 6.87. The number of nitrogens with two attached hydrogens (primary N) is 1. The van der Waals surface area contributed by atoms with Crippen molar-refractivity contribution >= 4 is 23.2 Å². The molecule has 3 nitrogen and oxygen atoms in total. The molecule has 0 amide bonds. The maximum absolute atomic E-state index is 6.04. The lowest BCUT2D eigenvalue weighted by molar-refractivity contribution is 0.0585. The monoisotopic (exact) mass is 274 g/mol. The van der Waals surface area contributed by atoms with Gasteiger partial charge in [0.25, 0.3) is 0 Å². The average Bonchev–Trinajstić information content (AvgIpc) is 2.57. The fourth-order valence-corrected chi connectivity index (χ4v) is 2.40. The zero-order valence-electron chi connectivity index (χ0n) is 9.46. The van der Waals surface area contributed by atoms with Gasteiger partial charge < -0.3 is 15.8 Å². The van der Waals surface area contributed by atoms with Crippen LogP contribution in [-0.4, -0.2) is 32.3 Å². The molecule has 1 aliphatic heterocycles. The third-order valence-electron chi connectivity index (χ3n) is 3.03. The number of benzene rings is 1. The van der Waals surface area contributed by atoms with Gasteiger partial charge in [0.15, 0.2) is 0 Å². The van der Waals surface area contributed by atoms with Crippen LogP contribution in [0.2, 0.25) is 10.0 Å². The smallest absolute Gasteiger partial charge is 0.0778 e. The molecule has 0 aromatic heterocycles. The molecule has 2 rings (SSSR count). The maximum atomic E-state index is 6.04. The summed E-state index contributed by atoms with van der Waals surface area (Å²) in [6.07, 6.45) is 0.0299. The first-order valence-corrected chi connectivity index (χ1v) is 6.45. The van der Waals surface area contributed by atoms with Crippen molar-refractivity contribution < 1.29 is 4.74 Å². The minimum atomic E-state index is 0.0299. The van der Waals surface area contributed by atoms with Gasteiger partial charge in [-0.15, -0.1) is 0 Å². The van der Waals surface area contributed by atoms with Crippen LogP contribution >= 0.6 is 23.2 Å². The van der Waals surface area contributed by atoms with Crippen LogP contribution in [0.15, 0.2) is 18.2 Å². The molecule has 1 aliphatic rings. The molecule has 17 heavy (non-hydrogen) atoms. The SMILES string of the molecule is NCC1OCCNCC1c1ccc(Cl)c(Cl)c1. The molecule has 2 atom stereocenters. The number of halogens is 2. The lowest BCUT2D eigenvalue weighted by atomic mass is 9.93. The molecule has 1 saturated heterocycles. The summed E-state index contributed by atoms with van der Waals surface area (Å²) in [4.78, 5) is 0. The Balaban J connectivity index is 2.25. The van der Waals surface area contributed by atoms with E-state index < -0.39 is 0 Å². The van der Waals surface area contributed by atoms with Gasteiger partial charge in [0, 0.05) is 25.6 Å². The molecule has 0 saturated carbocycles. The summed E-state index contributed by atoms with van der Waals surface area (Å²) in [5.74, 6) is 0.220. The third-order valence-corrected chi connectivity index (χ3v) is 3.77. The molecule has 0 aliphatic carbocycles. The van der Waals surface area contributed by atoms with E-state index in [1.807, 2.05) is 18.2 Å². The highest BCUT2D eigenvalue weighted by Crippen LogP contribution is 2.29. The van der Waals surface area contributed by atoms with Crippen LogP contribution in [0.25, 0.3) is 0 Å². The third kappa shape index (κ3) is 3.12. The van der Waals surface area contributed by atoms with Crippen LogP contribution in [0.3, 0.4) is 0 Å². The molecule has 2 unspecified atom stereocenters. The first-order chi connectivity index (χ1) is 8.22. The minimum Gasteiger partial charge on any atom is -0.375 e. The number of hydrogen-bond acceptors (Lipinski definition) is 3. The maximum Gasteiger partial charge on any atom is 0.0778 e. The van der Waals surface area contributed by atoms with Gasteiger partial charge in [0.2, 0.25) is 0 Å². The van der Waals surface area contributed by atoms with Crippen molar-refractivity contribution in [2.45, 2.75) is 12.0 Å². The van der Waals surface area contributed by atoms with Crippen LogP contribution in [0, 0.1) is 0 Å². The fourth-order valence-electron chi connectivity index (χ4n) is 2.10. The molecule has 0 spiro atoms. The number of nitrogens with one attached hydrogen (secondary N) is 1. The molecule has 1 heterocycles. The topological polar surface area (TPSA) is 47.3 Å². The van der Waals surface area contributed by atoms with Gasteiger partial charge in [-0.1, -0.05) is 29.3 Å². The summed E-state index contributed by atoms with van der Waals surface area (Å²) < 4.78 is 5.73. The second-order valence-electron chi connectivity index (χ2n) is 4.13. The summed E-state index contributed by atoms with van der Waals surface area (Å²) in [7, 11) is 0. The molecular formula is C12H16Cl2N2O. The predicted octanol–water partition coefficient (Wildman–Crippen LogP) is 2.02. The number of rotatable bonds is 2. The van der Waals surface area contributed by atoms with Gasteiger partial charge >= 0.3 is 0 Å². The Morgan fingerprint density at radius 2 is 2.18 bits per heavy atom. The van der Waals surface area contributed by atoms with Gasteiger partial charge in [0.1, 0.15) is 0 Å². The van der Waals surface area contributed by atoms with Gasteiger partial charge in [-0.2, -0.15) is 0 Å². The van der Waals surface area contributed by atoms with E-state index in [1.165, 1.54) is 0 Å². The zero-order valence-corrected chi connectivity index (χ0v) is 11.0. The molecule has 0 bridgehead atoms. The Kier molecular flexibility index (Phi) is 4.65. The van der Waals surface area contributed by atoms with E-state index in [9.17, 15) is 0 Å². The highest BCUT2D eigenvalue weighted by Gasteiger charge is 2.25. The van der Waals surface area contributed by atoms with Crippen LogP contribution in [0.4, 0.5) is 0 Å². The van der Waals surface area contributed by atoms with E-state index in [2.05, 4.69) is 5.32 Å². The van der Waals surface area contributed by atoms with Crippen LogP contribution in [-0.2, 0) is 4.74 Å². The Morgan fingerprint density at radius 1 is 1.35 bits per heavy atom. The van der Waals surface area contributed by atoms with Crippen molar-refractivity contribution in [1.29, 1.82) is 0 Å². The van der Waals surface area contributed by atoms with E-state index in [1.54, 1.807) is 0 Å². The van der Waals surface area contributed by atoms with Crippen LogP contribution in [0.1, 0.15) is 11.5 Å². The van der Waals surface area contributed by atoms with E-state index in [-0.39, 0.29) is 12.0 Å². The number of ether oxygens (including phenoxy) is 1. The number of hydrogen-bond donors (Lipinski definition) is 2. The molecule has 5 heteroatoms.